The maximum absolute atomic E-state index is 13.5. The lowest BCUT2D eigenvalue weighted by atomic mass is 10.1. The molecule has 0 N–H and O–H groups in total. The molecule has 2 aliphatic heterocycles. The van der Waals surface area contributed by atoms with Crippen LogP contribution in [-0.4, -0.2) is 89.3 Å². The van der Waals surface area contributed by atoms with Gasteiger partial charge < -0.3 is 9.64 Å². The maximum Gasteiger partial charge on any atom is 0.184 e. The number of hydrogen-bond donors (Lipinski definition) is 0. The molecule has 2 heterocycles. The molecule has 0 spiro atoms. The Morgan fingerprint density at radius 1 is 1.07 bits per heavy atom. The molecule has 0 saturated carbocycles. The first-order chi connectivity index (χ1) is 13.1. The largest absolute Gasteiger partial charge is 0.496 e. The van der Waals surface area contributed by atoms with Crippen molar-refractivity contribution in [3.05, 3.63) is 23.3 Å². The minimum atomic E-state index is -3.80. The van der Waals surface area contributed by atoms with Gasteiger partial charge in [-0.15, -0.1) is 0 Å². The molecule has 9 heteroatoms. The molecule has 0 bridgehead atoms. The maximum atomic E-state index is 13.5. The van der Waals surface area contributed by atoms with Crippen LogP contribution in [0, 0.1) is 13.8 Å². The van der Waals surface area contributed by atoms with Crippen LogP contribution in [0.2, 0.25) is 0 Å². The van der Waals surface area contributed by atoms with Gasteiger partial charge >= 0.3 is 0 Å². The van der Waals surface area contributed by atoms with E-state index in [9.17, 15) is 16.8 Å². The Bertz CT molecular complexity index is 935. The van der Waals surface area contributed by atoms with Crippen LogP contribution in [0.1, 0.15) is 18.1 Å². The lowest BCUT2D eigenvalue weighted by Crippen LogP contribution is -2.54. The van der Waals surface area contributed by atoms with Gasteiger partial charge in [0.05, 0.1) is 28.8 Å². The van der Waals surface area contributed by atoms with Crippen LogP contribution in [0.15, 0.2) is 17.0 Å². The third kappa shape index (κ3) is 4.08. The van der Waals surface area contributed by atoms with Gasteiger partial charge in [-0.3, -0.25) is 4.90 Å². The van der Waals surface area contributed by atoms with Crippen molar-refractivity contribution in [1.29, 1.82) is 0 Å². The molecule has 2 atom stereocenters. The van der Waals surface area contributed by atoms with E-state index in [-0.39, 0.29) is 16.4 Å². The highest BCUT2D eigenvalue weighted by molar-refractivity contribution is 7.96. The lowest BCUT2D eigenvalue weighted by Gasteiger charge is -2.39. The van der Waals surface area contributed by atoms with Crippen LogP contribution < -0.4 is 4.74 Å². The summed E-state index contributed by atoms with van der Waals surface area (Å²) in [6.45, 7) is 9.63. The molecule has 1 aromatic rings. The highest BCUT2D eigenvalue weighted by Crippen LogP contribution is 2.33. The third-order valence-corrected chi connectivity index (χ3v) is 10.3. The minimum Gasteiger partial charge on any atom is -0.496 e. The summed E-state index contributed by atoms with van der Waals surface area (Å²) in [4.78, 5) is 4.57. The average molecular weight is 431 g/mol. The van der Waals surface area contributed by atoms with E-state index in [1.54, 1.807) is 33.1 Å². The molecule has 3 rings (SSSR count). The average Bonchev–Trinajstić information content (AvgIpc) is 2.99. The van der Waals surface area contributed by atoms with Gasteiger partial charge in [0.1, 0.15) is 5.75 Å². The number of nitrogens with zero attached hydrogens (tertiary/aromatic N) is 2. The molecule has 2 fully saturated rings. The van der Waals surface area contributed by atoms with Gasteiger partial charge in [0.25, 0.3) is 0 Å². The number of hydrogen-bond acceptors (Lipinski definition) is 7. The van der Waals surface area contributed by atoms with Crippen molar-refractivity contribution in [2.45, 2.75) is 37.0 Å². The molecule has 7 nitrogen and oxygen atoms in total. The Balaban J connectivity index is 1.96. The summed E-state index contributed by atoms with van der Waals surface area (Å²) in [5.74, 6) is 0.234. The normalized spacial score (nSPS) is 26.4. The third-order valence-electron chi connectivity index (χ3n) is 5.99. The van der Waals surface area contributed by atoms with Crippen LogP contribution >= 0.6 is 0 Å². The van der Waals surface area contributed by atoms with E-state index in [0.717, 1.165) is 25.2 Å². The van der Waals surface area contributed by atoms with Crippen molar-refractivity contribution in [1.82, 2.24) is 9.80 Å². The van der Waals surface area contributed by atoms with Crippen molar-refractivity contribution in [3.8, 4) is 5.75 Å². The van der Waals surface area contributed by atoms with Crippen LogP contribution in [0.3, 0.4) is 0 Å². The van der Waals surface area contributed by atoms with Crippen LogP contribution in [0.25, 0.3) is 0 Å². The molecular formula is C19H30N2O5S2. The SMILES string of the molecule is CCN1CCN([C@H]2CS(=O)(=O)C[C@@H]2S(=O)(=O)c2cc(C)c(OC)cc2C)CC1. The number of likely N-dealkylation sites (N-methyl/N-ethyl adjacent to an activating group) is 1. The standard InChI is InChI=1S/C19H30N2O5S2/c1-5-20-6-8-21(9-7-20)16-12-27(22,23)13-19(16)28(24,25)18-11-14(2)17(26-4)10-15(18)3/h10-11,16,19H,5-9,12-13H2,1-4H3/t16-,19-/m0/s1. The second kappa shape index (κ2) is 7.93. The predicted molar refractivity (Wildman–Crippen MR) is 110 cm³/mol. The molecule has 1 aromatic carbocycles. The number of aryl methyl sites for hydroxylation is 2. The summed E-state index contributed by atoms with van der Waals surface area (Å²) in [6.07, 6.45) is 0. The number of rotatable bonds is 5. The van der Waals surface area contributed by atoms with Gasteiger partial charge in [-0.1, -0.05) is 6.92 Å². The Labute approximate surface area is 168 Å². The fourth-order valence-electron chi connectivity index (χ4n) is 4.30. The van der Waals surface area contributed by atoms with E-state index in [2.05, 4.69) is 16.7 Å². The first-order valence-corrected chi connectivity index (χ1v) is 13.0. The Kier molecular flexibility index (Phi) is 6.10. The van der Waals surface area contributed by atoms with Gasteiger partial charge in [-0.25, -0.2) is 16.8 Å². The minimum absolute atomic E-state index is 0.0861. The second-order valence-electron chi connectivity index (χ2n) is 7.79. The first kappa shape index (κ1) is 21.5. The molecule has 0 unspecified atom stereocenters. The van der Waals surface area contributed by atoms with Crippen molar-refractivity contribution in [2.24, 2.45) is 0 Å². The Morgan fingerprint density at radius 2 is 1.71 bits per heavy atom. The number of benzene rings is 1. The zero-order valence-corrected chi connectivity index (χ0v) is 18.6. The molecule has 0 aromatic heterocycles. The molecule has 2 saturated heterocycles. The molecular weight excluding hydrogens is 400 g/mol. The molecule has 2 aliphatic rings. The zero-order chi connectivity index (χ0) is 20.7. The number of methoxy groups -OCH3 is 1. The predicted octanol–water partition coefficient (Wildman–Crippen LogP) is 0.889. The van der Waals surface area contributed by atoms with Gasteiger partial charge in [0.2, 0.25) is 0 Å². The van der Waals surface area contributed by atoms with Gasteiger partial charge in [-0.05, 0) is 43.7 Å². The summed E-state index contributed by atoms with van der Waals surface area (Å²) in [5, 5.41) is -0.933. The summed E-state index contributed by atoms with van der Waals surface area (Å²) in [5.41, 5.74) is 1.31. The molecule has 0 amide bonds. The summed E-state index contributed by atoms with van der Waals surface area (Å²) >= 11 is 0. The topological polar surface area (TPSA) is 84.0 Å². The highest BCUT2D eigenvalue weighted by atomic mass is 32.2. The van der Waals surface area contributed by atoms with Gasteiger partial charge in [0, 0.05) is 32.2 Å². The molecule has 0 aliphatic carbocycles. The Hall–Kier alpha value is -1.16. The number of piperazine rings is 1. The quantitative estimate of drug-likeness (QED) is 0.686. The van der Waals surface area contributed by atoms with E-state index in [1.165, 1.54) is 0 Å². The highest BCUT2D eigenvalue weighted by Gasteiger charge is 2.49. The summed E-state index contributed by atoms with van der Waals surface area (Å²) in [7, 11) is -5.65. The number of sulfone groups is 2. The fourth-order valence-corrected chi connectivity index (χ4v) is 9.44. The van der Waals surface area contributed by atoms with Crippen molar-refractivity contribution >= 4 is 19.7 Å². The monoisotopic (exact) mass is 430 g/mol. The van der Waals surface area contributed by atoms with Crippen molar-refractivity contribution in [2.75, 3.05) is 51.3 Å². The summed E-state index contributed by atoms with van der Waals surface area (Å²) in [6, 6.07) is 2.83. The smallest absolute Gasteiger partial charge is 0.184 e. The van der Waals surface area contributed by atoms with Crippen molar-refractivity contribution in [3.63, 3.8) is 0 Å². The van der Waals surface area contributed by atoms with E-state index in [4.69, 9.17) is 4.74 Å². The number of ether oxygens (including phenoxy) is 1. The molecule has 158 valence electrons. The van der Waals surface area contributed by atoms with Crippen LogP contribution in [-0.2, 0) is 19.7 Å². The zero-order valence-electron chi connectivity index (χ0n) is 17.0. The van der Waals surface area contributed by atoms with Crippen molar-refractivity contribution < 1.29 is 21.6 Å². The fraction of sp³-hybridized carbons (Fsp3) is 0.684. The van der Waals surface area contributed by atoms with E-state index < -0.39 is 31.0 Å². The first-order valence-electron chi connectivity index (χ1n) is 9.65. The lowest BCUT2D eigenvalue weighted by molar-refractivity contribution is 0.109. The van der Waals surface area contributed by atoms with Gasteiger partial charge in [0.15, 0.2) is 19.7 Å². The van der Waals surface area contributed by atoms with E-state index >= 15 is 0 Å². The van der Waals surface area contributed by atoms with E-state index in [0.29, 0.717) is 24.4 Å². The van der Waals surface area contributed by atoms with Crippen LogP contribution in [0.4, 0.5) is 0 Å². The molecule has 0 radical (unpaired) electrons. The van der Waals surface area contributed by atoms with Crippen LogP contribution in [0.5, 0.6) is 5.75 Å². The Morgan fingerprint density at radius 3 is 2.29 bits per heavy atom. The van der Waals surface area contributed by atoms with Gasteiger partial charge in [-0.2, -0.15) is 0 Å². The molecule has 28 heavy (non-hydrogen) atoms. The second-order valence-corrected chi connectivity index (χ2v) is 12.1. The summed E-state index contributed by atoms with van der Waals surface area (Å²) < 4.78 is 57.2. The van der Waals surface area contributed by atoms with E-state index in [1.807, 2.05) is 0 Å².